The maximum atomic E-state index is 11.9. The van der Waals surface area contributed by atoms with Gasteiger partial charge in [-0.3, -0.25) is 4.79 Å². The quantitative estimate of drug-likeness (QED) is 0.525. The predicted octanol–water partition coefficient (Wildman–Crippen LogP) is 2.08. The molecule has 9 heteroatoms. The van der Waals surface area contributed by atoms with Crippen molar-refractivity contribution in [1.82, 2.24) is 19.2 Å². The van der Waals surface area contributed by atoms with E-state index >= 15 is 0 Å². The Balaban J connectivity index is 1.75. The first-order valence-electron chi connectivity index (χ1n) is 9.69. The highest BCUT2D eigenvalue weighted by Gasteiger charge is 2.31. The van der Waals surface area contributed by atoms with Crippen molar-refractivity contribution in [1.29, 1.82) is 0 Å². The van der Waals surface area contributed by atoms with Gasteiger partial charge < -0.3 is 25.1 Å². The molecular formula is C21H22N6O3. The van der Waals surface area contributed by atoms with Crippen LogP contribution in [0, 0.1) is 0 Å². The largest absolute Gasteiger partial charge is 0.377 e. The van der Waals surface area contributed by atoms with E-state index in [1.54, 1.807) is 18.7 Å². The number of methoxy groups -OCH3 is 1. The van der Waals surface area contributed by atoms with Crippen molar-refractivity contribution in [2.45, 2.75) is 12.1 Å². The second-order valence-electron chi connectivity index (χ2n) is 7.28. The molecule has 1 aromatic carbocycles. The second-order valence-corrected chi connectivity index (χ2v) is 7.28. The number of ether oxygens (including phenoxy) is 2. The number of benzene rings is 1. The van der Waals surface area contributed by atoms with Crippen molar-refractivity contribution in [3.63, 3.8) is 0 Å². The molecule has 0 radical (unpaired) electrons. The number of para-hydroxylation sites is 1. The summed E-state index contributed by atoms with van der Waals surface area (Å²) in [4.78, 5) is 16.6. The van der Waals surface area contributed by atoms with Crippen LogP contribution in [0.4, 0.5) is 5.82 Å². The Hall–Kier alpha value is -3.43. The van der Waals surface area contributed by atoms with E-state index in [-0.39, 0.29) is 17.7 Å². The number of primary amides is 1. The summed E-state index contributed by atoms with van der Waals surface area (Å²) in [6.07, 6.45) is 3.50. The number of amides is 1. The lowest BCUT2D eigenvalue weighted by Crippen LogP contribution is -2.23. The van der Waals surface area contributed by atoms with Crippen molar-refractivity contribution >= 4 is 28.3 Å². The molecule has 1 saturated heterocycles. The summed E-state index contributed by atoms with van der Waals surface area (Å²) in [6, 6.07) is 10.1. The highest BCUT2D eigenvalue weighted by Crippen LogP contribution is 2.35. The van der Waals surface area contributed by atoms with Crippen LogP contribution in [0.2, 0.25) is 0 Å². The molecule has 1 fully saturated rings. The molecule has 0 unspecified atom stereocenters. The minimum Gasteiger partial charge on any atom is -0.377 e. The Kier molecular flexibility index (Phi) is 4.41. The van der Waals surface area contributed by atoms with Crippen LogP contribution in [-0.2, 0) is 9.47 Å². The fourth-order valence-corrected chi connectivity index (χ4v) is 4.14. The number of carbonyl (C=O) groups is 1. The molecule has 30 heavy (non-hydrogen) atoms. The van der Waals surface area contributed by atoms with Crippen LogP contribution < -0.4 is 11.1 Å². The minimum absolute atomic E-state index is 0.0201. The maximum Gasteiger partial charge on any atom is 0.254 e. The molecule has 2 atom stereocenters. The van der Waals surface area contributed by atoms with E-state index in [2.05, 4.69) is 33.3 Å². The highest BCUT2D eigenvalue weighted by molar-refractivity contribution is 6.00. The smallest absolute Gasteiger partial charge is 0.254 e. The van der Waals surface area contributed by atoms with Crippen LogP contribution in [-0.4, -0.2) is 58.5 Å². The highest BCUT2D eigenvalue weighted by atomic mass is 16.5. The zero-order valence-corrected chi connectivity index (χ0v) is 16.7. The Labute approximate surface area is 172 Å². The van der Waals surface area contributed by atoms with E-state index in [0.717, 1.165) is 22.2 Å². The molecule has 9 nitrogen and oxygen atoms in total. The van der Waals surface area contributed by atoms with E-state index in [1.165, 1.54) is 6.20 Å². The Morgan fingerprint density at radius 1 is 1.33 bits per heavy atom. The van der Waals surface area contributed by atoms with E-state index in [1.807, 2.05) is 18.2 Å². The van der Waals surface area contributed by atoms with Crippen molar-refractivity contribution in [2.75, 3.05) is 32.7 Å². The first-order valence-corrected chi connectivity index (χ1v) is 9.69. The van der Waals surface area contributed by atoms with E-state index < -0.39 is 5.91 Å². The number of carbonyl (C=O) groups excluding carboxylic acids is 1. The van der Waals surface area contributed by atoms with Gasteiger partial charge in [0.2, 0.25) is 0 Å². The Bertz CT molecular complexity index is 1260. The summed E-state index contributed by atoms with van der Waals surface area (Å²) in [7, 11) is 3.51. The van der Waals surface area contributed by atoms with Crippen molar-refractivity contribution in [3.8, 4) is 11.3 Å². The second kappa shape index (κ2) is 7.12. The number of nitrogens with two attached hydrogens (primary N) is 1. The SMILES string of the molecule is CNc1cc(-c2cn([C@@H]3COC[C@H]3OC)c3ccccc23)nc2c(C(N)=O)cnn12. The van der Waals surface area contributed by atoms with Crippen molar-refractivity contribution < 1.29 is 14.3 Å². The lowest BCUT2D eigenvalue weighted by atomic mass is 10.1. The predicted molar refractivity (Wildman–Crippen MR) is 113 cm³/mol. The van der Waals surface area contributed by atoms with Gasteiger partial charge in [0, 0.05) is 42.9 Å². The molecule has 0 aliphatic carbocycles. The van der Waals surface area contributed by atoms with Crippen LogP contribution in [0.25, 0.3) is 27.8 Å². The van der Waals surface area contributed by atoms with Crippen LogP contribution in [0.3, 0.4) is 0 Å². The zero-order valence-electron chi connectivity index (χ0n) is 16.7. The molecular weight excluding hydrogens is 384 g/mol. The van der Waals surface area contributed by atoms with Gasteiger partial charge >= 0.3 is 0 Å². The van der Waals surface area contributed by atoms with Gasteiger partial charge in [-0.2, -0.15) is 9.61 Å². The summed E-state index contributed by atoms with van der Waals surface area (Å²) in [5, 5.41) is 8.42. The van der Waals surface area contributed by atoms with E-state index in [0.29, 0.717) is 24.7 Å². The van der Waals surface area contributed by atoms with Crippen LogP contribution in [0.5, 0.6) is 0 Å². The van der Waals surface area contributed by atoms with Gasteiger partial charge in [0.1, 0.15) is 17.5 Å². The fraction of sp³-hybridized carbons (Fsp3) is 0.286. The molecule has 0 bridgehead atoms. The van der Waals surface area contributed by atoms with Gasteiger partial charge in [-0.25, -0.2) is 4.98 Å². The van der Waals surface area contributed by atoms with Crippen molar-refractivity contribution in [3.05, 3.63) is 48.3 Å². The van der Waals surface area contributed by atoms with Crippen molar-refractivity contribution in [2.24, 2.45) is 5.73 Å². The molecule has 0 saturated carbocycles. The summed E-state index contributed by atoms with van der Waals surface area (Å²) in [5.74, 6) is 0.142. The summed E-state index contributed by atoms with van der Waals surface area (Å²) in [5.41, 5.74) is 8.96. The van der Waals surface area contributed by atoms with Crippen LogP contribution >= 0.6 is 0 Å². The van der Waals surface area contributed by atoms with Gasteiger partial charge in [-0.15, -0.1) is 0 Å². The summed E-state index contributed by atoms with van der Waals surface area (Å²) in [6.45, 7) is 1.15. The molecule has 5 rings (SSSR count). The summed E-state index contributed by atoms with van der Waals surface area (Å²) >= 11 is 0. The molecule has 1 aliphatic rings. The number of hydrogen-bond acceptors (Lipinski definition) is 6. The third kappa shape index (κ3) is 2.74. The molecule has 4 heterocycles. The molecule has 1 amide bonds. The van der Waals surface area contributed by atoms with E-state index in [9.17, 15) is 4.79 Å². The Morgan fingerprint density at radius 2 is 2.17 bits per heavy atom. The third-order valence-electron chi connectivity index (χ3n) is 5.67. The average Bonchev–Trinajstić information content (AvgIpc) is 3.48. The van der Waals surface area contributed by atoms with Crippen LogP contribution in [0.15, 0.2) is 42.7 Å². The molecule has 3 aromatic heterocycles. The lowest BCUT2D eigenvalue weighted by molar-refractivity contribution is 0.0693. The fourth-order valence-electron chi connectivity index (χ4n) is 4.14. The van der Waals surface area contributed by atoms with Gasteiger partial charge in [-0.1, -0.05) is 18.2 Å². The van der Waals surface area contributed by atoms with E-state index in [4.69, 9.17) is 20.2 Å². The molecule has 1 aliphatic heterocycles. The topological polar surface area (TPSA) is 109 Å². The zero-order chi connectivity index (χ0) is 20.8. The van der Waals surface area contributed by atoms with Gasteiger partial charge in [-0.05, 0) is 6.07 Å². The number of anilines is 1. The Morgan fingerprint density at radius 3 is 2.93 bits per heavy atom. The van der Waals surface area contributed by atoms with Gasteiger partial charge in [0.25, 0.3) is 5.91 Å². The number of nitrogens with zero attached hydrogens (tertiary/aromatic N) is 4. The van der Waals surface area contributed by atoms with Gasteiger partial charge in [0.15, 0.2) is 5.65 Å². The third-order valence-corrected chi connectivity index (χ3v) is 5.67. The number of nitrogens with one attached hydrogen (secondary N) is 1. The van der Waals surface area contributed by atoms with Gasteiger partial charge in [0.05, 0.1) is 31.1 Å². The normalized spacial score (nSPS) is 19.0. The number of fused-ring (bicyclic) bond motifs is 2. The first kappa shape index (κ1) is 18.6. The summed E-state index contributed by atoms with van der Waals surface area (Å²) < 4.78 is 15.1. The average molecular weight is 406 g/mol. The number of aromatic nitrogens is 4. The molecule has 154 valence electrons. The number of hydrogen-bond donors (Lipinski definition) is 2. The standard InChI is InChI=1S/C21H22N6O3/c1-23-19-7-15(25-21-13(20(22)28)8-24-27(19)21)14-9-26(16-6-4-3-5-12(14)16)17-10-30-11-18(17)29-2/h3-9,17-18,23H,10-11H2,1-2H3,(H2,22,28)/t17-,18-/m1/s1. The minimum atomic E-state index is -0.565. The molecule has 3 N–H and O–H groups in total. The van der Waals surface area contributed by atoms with Crippen LogP contribution in [0.1, 0.15) is 16.4 Å². The molecule has 0 spiro atoms. The maximum absolute atomic E-state index is 11.9. The lowest BCUT2D eigenvalue weighted by Gasteiger charge is -2.19. The number of rotatable bonds is 5. The molecule has 4 aromatic rings. The monoisotopic (exact) mass is 406 g/mol. The first-order chi connectivity index (χ1) is 14.6.